The zero-order chi connectivity index (χ0) is 27.4. The molecule has 1 aliphatic carbocycles. The van der Waals surface area contributed by atoms with Gasteiger partial charge in [0.05, 0.1) is 0 Å². The summed E-state index contributed by atoms with van der Waals surface area (Å²) >= 11 is -0.0417. The van der Waals surface area contributed by atoms with E-state index in [1.54, 1.807) is 26.7 Å². The molecule has 0 aromatic carbocycles. The molecule has 0 N–H and O–H groups in total. The predicted molar refractivity (Wildman–Crippen MR) is 172 cm³/mol. The van der Waals surface area contributed by atoms with Crippen molar-refractivity contribution in [1.82, 2.24) is 0 Å². The molecule has 0 bridgehead atoms. The molecule has 0 saturated heterocycles. The molecule has 1 atom stereocenters. The van der Waals surface area contributed by atoms with Crippen molar-refractivity contribution in [3.63, 3.8) is 0 Å². The van der Waals surface area contributed by atoms with Gasteiger partial charge in [-0.25, -0.2) is 0 Å². The third-order valence-corrected chi connectivity index (χ3v) is 29.4. The van der Waals surface area contributed by atoms with Crippen molar-refractivity contribution >= 4 is 71.2 Å². The van der Waals surface area contributed by atoms with Crippen molar-refractivity contribution in [2.75, 3.05) is 6.61 Å². The first-order valence-electron chi connectivity index (χ1n) is 14.8. The number of thiophene rings is 2. The van der Waals surface area contributed by atoms with Crippen LogP contribution in [-0.2, 0) is 14.9 Å². The Labute approximate surface area is 244 Å². The number of unbranched alkanes of at least 4 members (excludes halogenated alkanes) is 3. The number of ether oxygens (including phenoxy) is 1. The average molecular weight is 758 g/mol. The van der Waals surface area contributed by atoms with E-state index in [0.717, 1.165) is 18.8 Å². The molecule has 6 heteroatoms. The Morgan fingerprint density at radius 1 is 0.865 bits per heavy atom. The third-order valence-electron chi connectivity index (χ3n) is 8.15. The van der Waals surface area contributed by atoms with Crippen LogP contribution in [0.25, 0.3) is 9.75 Å². The number of hydrogen-bond donors (Lipinski definition) is 0. The van der Waals surface area contributed by atoms with E-state index in [1.165, 1.54) is 44.9 Å². The van der Waals surface area contributed by atoms with Crippen molar-refractivity contribution in [3.05, 3.63) is 23.3 Å². The van der Waals surface area contributed by atoms with Gasteiger partial charge in [0.2, 0.25) is 0 Å². The summed E-state index contributed by atoms with van der Waals surface area (Å²) in [6, 6.07) is 5.40. The van der Waals surface area contributed by atoms with Gasteiger partial charge in [0.25, 0.3) is 0 Å². The Kier molecular flexibility index (Phi) is 11.6. The minimum atomic E-state index is -2.19. The Balaban J connectivity index is 2.04. The number of hydrogen-bond acceptors (Lipinski definition) is 4. The fourth-order valence-electron chi connectivity index (χ4n) is 5.85. The van der Waals surface area contributed by atoms with Crippen LogP contribution in [0.4, 0.5) is 0 Å². The van der Waals surface area contributed by atoms with Crippen LogP contribution in [0.1, 0.15) is 96.1 Å². The van der Waals surface area contributed by atoms with Crippen molar-refractivity contribution < 1.29 is 9.53 Å². The first-order chi connectivity index (χ1) is 17.4. The molecule has 208 valence electrons. The van der Waals surface area contributed by atoms with E-state index in [-0.39, 0.29) is 11.4 Å². The van der Waals surface area contributed by atoms with Crippen LogP contribution in [0.3, 0.4) is 0 Å². The summed E-state index contributed by atoms with van der Waals surface area (Å²) in [5, 5.41) is 0. The van der Waals surface area contributed by atoms with E-state index >= 15 is 0 Å². The van der Waals surface area contributed by atoms with Gasteiger partial charge in [-0.1, -0.05) is 0 Å². The molecule has 0 fully saturated rings. The molecule has 2 nitrogen and oxygen atoms in total. The summed E-state index contributed by atoms with van der Waals surface area (Å²) in [5.41, 5.74) is 3.55. The van der Waals surface area contributed by atoms with Crippen LogP contribution in [0.5, 0.6) is 0 Å². The molecule has 2 heterocycles. The van der Waals surface area contributed by atoms with Gasteiger partial charge >= 0.3 is 239 Å². The van der Waals surface area contributed by atoms with E-state index in [1.807, 2.05) is 6.92 Å². The molecule has 1 unspecified atom stereocenters. The zero-order valence-corrected chi connectivity index (χ0v) is 32.5. The summed E-state index contributed by atoms with van der Waals surface area (Å²) in [7, 11) is 0. The van der Waals surface area contributed by atoms with Gasteiger partial charge in [-0.2, -0.15) is 0 Å². The van der Waals surface area contributed by atoms with Gasteiger partial charge in [0.1, 0.15) is 0 Å². The van der Waals surface area contributed by atoms with E-state index in [4.69, 9.17) is 4.74 Å². The number of fused-ring (bicyclic) bond motifs is 3. The molecule has 3 rings (SSSR count). The Hall–Kier alpha value is 0.467. The summed E-state index contributed by atoms with van der Waals surface area (Å²) in [6.45, 7) is 7.14. The minimum absolute atomic E-state index is 0.0337. The van der Waals surface area contributed by atoms with Crippen molar-refractivity contribution in [2.24, 2.45) is 5.92 Å². The second-order valence-corrected chi connectivity index (χ2v) is 46.2. The van der Waals surface area contributed by atoms with Gasteiger partial charge in [0.15, 0.2) is 0 Å². The number of rotatable bonds is 15. The van der Waals surface area contributed by atoms with Gasteiger partial charge in [-0.15, -0.1) is 0 Å². The maximum atomic E-state index is 11.9. The molecular weight excluding hydrogens is 706 g/mol. The molecule has 2 aromatic heterocycles. The van der Waals surface area contributed by atoms with E-state index in [0.29, 0.717) is 13.0 Å². The molecule has 0 aliphatic heterocycles. The van der Waals surface area contributed by atoms with Gasteiger partial charge in [-0.05, 0) is 6.92 Å². The predicted octanol–water partition coefficient (Wildman–Crippen LogP) is 9.29. The van der Waals surface area contributed by atoms with Crippen LogP contribution in [-0.4, -0.2) is 49.3 Å². The molecule has 1 aliphatic rings. The molecule has 2 aromatic rings. The Bertz CT molecular complexity index is 981. The monoisotopic (exact) mass is 760 g/mol. The van der Waals surface area contributed by atoms with Crippen LogP contribution in [0.2, 0.25) is 29.6 Å². The maximum absolute atomic E-state index is 11.9. The number of esters is 1. The van der Waals surface area contributed by atoms with Crippen molar-refractivity contribution in [1.29, 1.82) is 0 Å². The molecule has 0 saturated carbocycles. The fourth-order valence-corrected chi connectivity index (χ4v) is 18.9. The number of carbonyl (C=O) groups excluding carboxylic acids is 1. The topological polar surface area (TPSA) is 26.3 Å². The first-order valence-corrected chi connectivity index (χ1v) is 36.4. The summed E-state index contributed by atoms with van der Waals surface area (Å²) in [4.78, 5) is 30.7. The molecule has 0 radical (unpaired) electrons. The van der Waals surface area contributed by atoms with Crippen LogP contribution < -0.4 is 5.79 Å². The standard InChI is InChI=1S/C25H34O2S2.6CH3.2Sn/c1-4-7-11-19(5-2)18-25(15-10-8-9-12-22(26)27-6-3)20-13-16-28-23(20)24-21(25)14-17-29-24;;;;;;;;/h13-14,19H,4-12,15,18H2,1-3H3;6*1H3;;. The van der Waals surface area contributed by atoms with Crippen molar-refractivity contribution in [3.8, 4) is 9.75 Å². The third kappa shape index (κ3) is 7.61. The normalized spacial score (nSPS) is 15.5. The van der Waals surface area contributed by atoms with Crippen LogP contribution in [0, 0.1) is 5.92 Å². The van der Waals surface area contributed by atoms with Crippen LogP contribution >= 0.6 is 22.7 Å². The number of carbonyl (C=O) groups is 1. The summed E-state index contributed by atoms with van der Waals surface area (Å²) in [5.74, 6) is 0.745. The fraction of sp³-hybridized carbons (Fsp3) is 0.710. The first kappa shape index (κ1) is 32.0. The average Bonchev–Trinajstić information content (AvgIpc) is 3.49. The molecule has 0 amide bonds. The quantitative estimate of drug-likeness (QED) is 0.103. The Morgan fingerprint density at radius 2 is 1.43 bits per heavy atom. The van der Waals surface area contributed by atoms with E-state index in [9.17, 15) is 4.79 Å². The summed E-state index contributed by atoms with van der Waals surface area (Å²) in [6.07, 6.45) is 11.6. The van der Waals surface area contributed by atoms with E-state index < -0.39 is 36.8 Å². The van der Waals surface area contributed by atoms with Gasteiger partial charge in [-0.3, -0.25) is 0 Å². The second-order valence-electron chi connectivity index (χ2n) is 13.3. The van der Waals surface area contributed by atoms with Crippen LogP contribution in [0.15, 0.2) is 12.1 Å². The summed E-state index contributed by atoms with van der Waals surface area (Å²) < 4.78 is 8.67. The van der Waals surface area contributed by atoms with Crippen molar-refractivity contribution in [2.45, 2.75) is 120 Å². The Morgan fingerprint density at radius 3 is 1.89 bits per heavy atom. The molecule has 0 spiro atoms. The van der Waals surface area contributed by atoms with Gasteiger partial charge in [0, 0.05) is 0 Å². The molecular formula is C31H52O2S2Sn2. The van der Waals surface area contributed by atoms with E-state index in [2.05, 4.69) is 78.3 Å². The SMILES string of the molecule is CCCCC(CC)CC1(CCCCCC(=O)OCC)c2c[c]([Sn]([CH3])([CH3])[CH3])sc2-c2s[c]([Sn]([CH3])([CH3])[CH3])cc21. The molecule has 37 heavy (non-hydrogen) atoms. The second kappa shape index (κ2) is 13.4. The zero-order valence-electron chi connectivity index (χ0n) is 25.1. The van der Waals surface area contributed by atoms with Gasteiger partial charge < -0.3 is 0 Å².